The van der Waals surface area contributed by atoms with E-state index in [4.69, 9.17) is 4.74 Å². The Kier molecular flexibility index (Phi) is 6.70. The van der Waals surface area contributed by atoms with Gasteiger partial charge >= 0.3 is 5.69 Å². The third-order valence-electron chi connectivity index (χ3n) is 3.97. The maximum absolute atomic E-state index is 11.9. The van der Waals surface area contributed by atoms with Crippen molar-refractivity contribution in [2.75, 3.05) is 6.61 Å². The number of para-hydroxylation sites is 2. The van der Waals surface area contributed by atoms with Gasteiger partial charge in [-0.15, -0.1) is 0 Å². The molecule has 0 aliphatic rings. The molecule has 2 aromatic rings. The number of hydrogen-bond donors (Lipinski definition) is 1. The van der Waals surface area contributed by atoms with E-state index in [0.717, 1.165) is 23.5 Å². The summed E-state index contributed by atoms with van der Waals surface area (Å²) < 4.78 is 7.44. The lowest BCUT2D eigenvalue weighted by molar-refractivity contribution is -0.385. The summed E-state index contributed by atoms with van der Waals surface area (Å²) in [6.07, 6.45) is 1.59. The van der Waals surface area contributed by atoms with Gasteiger partial charge in [-0.05, 0) is 31.9 Å². The van der Waals surface area contributed by atoms with Crippen molar-refractivity contribution in [2.24, 2.45) is 11.0 Å². The summed E-state index contributed by atoms with van der Waals surface area (Å²) in [5.41, 5.74) is 5.32. The van der Waals surface area contributed by atoms with Crippen LogP contribution in [0.15, 0.2) is 35.4 Å². The van der Waals surface area contributed by atoms with Crippen LogP contribution < -0.4 is 10.2 Å². The Hall–Kier alpha value is -3.16. The van der Waals surface area contributed by atoms with Gasteiger partial charge in [-0.2, -0.15) is 5.10 Å². The summed E-state index contributed by atoms with van der Waals surface area (Å²) in [6, 6.07) is 7.91. The molecule has 0 unspecified atom stereocenters. The second-order valence-corrected chi connectivity index (χ2v) is 6.64. The van der Waals surface area contributed by atoms with E-state index in [0.29, 0.717) is 5.92 Å². The number of hydrazone groups is 1. The van der Waals surface area contributed by atoms with Crippen molar-refractivity contribution < 1.29 is 14.5 Å². The third-order valence-corrected chi connectivity index (χ3v) is 3.97. The molecule has 0 aliphatic carbocycles. The van der Waals surface area contributed by atoms with Crippen LogP contribution in [0.3, 0.4) is 0 Å². The Morgan fingerprint density at radius 1 is 1.37 bits per heavy atom. The molecule has 0 spiro atoms. The van der Waals surface area contributed by atoms with Gasteiger partial charge in [0.1, 0.15) is 0 Å². The molecule has 8 nitrogen and oxygen atoms in total. The van der Waals surface area contributed by atoms with Crippen molar-refractivity contribution in [3.8, 4) is 5.75 Å². The van der Waals surface area contributed by atoms with Crippen LogP contribution >= 0.6 is 0 Å². The highest BCUT2D eigenvalue weighted by Crippen LogP contribution is 2.25. The molecule has 0 fully saturated rings. The number of rotatable bonds is 8. The first-order chi connectivity index (χ1) is 12.8. The monoisotopic (exact) mass is 372 g/mol. The van der Waals surface area contributed by atoms with Gasteiger partial charge < -0.3 is 9.30 Å². The molecule has 144 valence electrons. The number of carbonyl (C=O) groups is 1. The van der Waals surface area contributed by atoms with Gasteiger partial charge in [0.15, 0.2) is 12.4 Å². The molecule has 0 radical (unpaired) electrons. The highest BCUT2D eigenvalue weighted by molar-refractivity contribution is 5.84. The number of nitro groups is 1. The zero-order valence-corrected chi connectivity index (χ0v) is 15.9. The Morgan fingerprint density at radius 2 is 2.07 bits per heavy atom. The smallest absolute Gasteiger partial charge is 0.310 e. The molecule has 0 saturated heterocycles. The van der Waals surface area contributed by atoms with Gasteiger partial charge in [0.2, 0.25) is 0 Å². The highest BCUT2D eigenvalue weighted by Gasteiger charge is 2.14. The fourth-order valence-corrected chi connectivity index (χ4v) is 2.68. The van der Waals surface area contributed by atoms with Crippen LogP contribution in [0.4, 0.5) is 5.69 Å². The second-order valence-electron chi connectivity index (χ2n) is 6.64. The molecule has 1 aromatic carbocycles. The molecule has 27 heavy (non-hydrogen) atoms. The van der Waals surface area contributed by atoms with Gasteiger partial charge in [-0.3, -0.25) is 14.9 Å². The number of nitro benzene ring substituents is 1. The van der Waals surface area contributed by atoms with Gasteiger partial charge in [-0.25, -0.2) is 5.43 Å². The van der Waals surface area contributed by atoms with E-state index in [1.165, 1.54) is 18.2 Å². The van der Waals surface area contributed by atoms with Crippen LogP contribution in [0.2, 0.25) is 0 Å². The van der Waals surface area contributed by atoms with Crippen LogP contribution in [-0.4, -0.2) is 28.2 Å². The molecule has 1 N–H and O–H groups in total. The lowest BCUT2D eigenvalue weighted by Gasteiger charge is -2.11. The average Bonchev–Trinajstić information content (AvgIpc) is 2.87. The first kappa shape index (κ1) is 20.2. The van der Waals surface area contributed by atoms with Crippen LogP contribution in [-0.2, 0) is 11.3 Å². The molecule has 0 bridgehead atoms. The van der Waals surface area contributed by atoms with Crippen LogP contribution in [0.1, 0.15) is 30.8 Å². The quantitative estimate of drug-likeness (QED) is 0.437. The zero-order chi connectivity index (χ0) is 20.0. The molecular weight excluding hydrogens is 348 g/mol. The van der Waals surface area contributed by atoms with E-state index < -0.39 is 10.8 Å². The number of nitrogens with one attached hydrogen (secondary N) is 1. The van der Waals surface area contributed by atoms with E-state index in [1.807, 2.05) is 19.9 Å². The van der Waals surface area contributed by atoms with Gasteiger partial charge in [0.05, 0.1) is 11.1 Å². The normalized spacial score (nSPS) is 11.1. The molecule has 8 heteroatoms. The number of nitrogens with zero attached hydrogens (tertiary/aromatic N) is 3. The molecule has 1 amide bonds. The minimum absolute atomic E-state index is 0.0406. The Balaban J connectivity index is 1.94. The van der Waals surface area contributed by atoms with Crippen LogP contribution in [0.5, 0.6) is 5.75 Å². The zero-order valence-electron chi connectivity index (χ0n) is 15.9. The molecule has 0 atom stereocenters. The summed E-state index contributed by atoms with van der Waals surface area (Å²) in [5, 5.41) is 14.9. The molecular formula is C19H24N4O4. The Morgan fingerprint density at radius 3 is 2.74 bits per heavy atom. The van der Waals surface area contributed by atoms with Crippen molar-refractivity contribution in [2.45, 2.75) is 34.2 Å². The first-order valence-corrected chi connectivity index (χ1v) is 8.64. The molecule has 2 rings (SSSR count). The number of amides is 1. The third kappa shape index (κ3) is 5.40. The fourth-order valence-electron chi connectivity index (χ4n) is 2.68. The molecule has 1 heterocycles. The van der Waals surface area contributed by atoms with E-state index in [-0.39, 0.29) is 18.0 Å². The minimum Gasteiger partial charge on any atom is -0.477 e. The van der Waals surface area contributed by atoms with Gasteiger partial charge in [-0.1, -0.05) is 26.0 Å². The largest absolute Gasteiger partial charge is 0.477 e. The van der Waals surface area contributed by atoms with Crippen LogP contribution in [0.25, 0.3) is 0 Å². The second kappa shape index (κ2) is 8.98. The van der Waals surface area contributed by atoms with Crippen LogP contribution in [0, 0.1) is 29.9 Å². The number of carbonyl (C=O) groups excluding carboxylic acids is 1. The number of aryl methyl sites for hydroxylation is 1. The number of ether oxygens (including phenoxy) is 1. The first-order valence-electron chi connectivity index (χ1n) is 8.64. The van der Waals surface area contributed by atoms with Crippen molar-refractivity contribution in [3.63, 3.8) is 0 Å². The van der Waals surface area contributed by atoms with Gasteiger partial charge in [0, 0.05) is 29.6 Å². The number of aromatic nitrogens is 1. The maximum Gasteiger partial charge on any atom is 0.310 e. The predicted octanol–water partition coefficient (Wildman–Crippen LogP) is 3.20. The molecule has 0 aliphatic heterocycles. The van der Waals surface area contributed by atoms with Crippen molar-refractivity contribution in [1.29, 1.82) is 0 Å². The van der Waals surface area contributed by atoms with E-state index in [2.05, 4.69) is 28.9 Å². The lowest BCUT2D eigenvalue weighted by atomic mass is 10.2. The summed E-state index contributed by atoms with van der Waals surface area (Å²) in [6.45, 7) is 8.91. The predicted molar refractivity (Wildman–Crippen MR) is 103 cm³/mol. The van der Waals surface area contributed by atoms with Crippen molar-refractivity contribution in [1.82, 2.24) is 9.99 Å². The van der Waals surface area contributed by atoms with Gasteiger partial charge in [0.25, 0.3) is 5.91 Å². The van der Waals surface area contributed by atoms with E-state index >= 15 is 0 Å². The standard InChI is InChI=1S/C19H24N4O4/c1-13(2)11-22-14(3)9-16(15(22)4)10-20-21-19(24)12-27-18-8-6-5-7-17(18)23(25)26/h5-10,13H,11-12H2,1-4H3,(H,21,24)/b20-10-. The number of benzene rings is 1. The summed E-state index contributed by atoms with van der Waals surface area (Å²) >= 11 is 0. The lowest BCUT2D eigenvalue weighted by Crippen LogP contribution is -2.24. The average molecular weight is 372 g/mol. The molecule has 0 saturated carbocycles. The minimum atomic E-state index is -0.557. The topological polar surface area (TPSA) is 98.8 Å². The SMILES string of the molecule is Cc1cc(/C=N\NC(=O)COc2ccccc2[N+](=O)[O-])c(C)n1CC(C)C. The highest BCUT2D eigenvalue weighted by atomic mass is 16.6. The summed E-state index contributed by atoms with van der Waals surface area (Å²) in [4.78, 5) is 22.2. The Labute approximate surface area is 158 Å². The maximum atomic E-state index is 11.9. The Bertz CT molecular complexity index is 855. The van der Waals surface area contributed by atoms with Crippen molar-refractivity contribution in [3.05, 3.63) is 57.4 Å². The fraction of sp³-hybridized carbons (Fsp3) is 0.368. The summed E-state index contributed by atoms with van der Waals surface area (Å²) in [5.74, 6) is 0.0673. The van der Waals surface area contributed by atoms with E-state index in [9.17, 15) is 14.9 Å². The molecule has 1 aromatic heterocycles. The van der Waals surface area contributed by atoms with E-state index in [1.54, 1.807) is 12.3 Å². The van der Waals surface area contributed by atoms with Crippen molar-refractivity contribution >= 4 is 17.8 Å². The summed E-state index contributed by atoms with van der Waals surface area (Å²) in [7, 11) is 0. The number of hydrogen-bond acceptors (Lipinski definition) is 5.